The van der Waals surface area contributed by atoms with Crippen molar-refractivity contribution in [3.63, 3.8) is 0 Å². The van der Waals surface area contributed by atoms with Gasteiger partial charge >= 0.3 is 5.97 Å². The van der Waals surface area contributed by atoms with Gasteiger partial charge in [0.25, 0.3) is 0 Å². The van der Waals surface area contributed by atoms with Gasteiger partial charge in [0, 0.05) is 22.9 Å². The van der Waals surface area contributed by atoms with Crippen molar-refractivity contribution in [1.29, 1.82) is 0 Å². The summed E-state index contributed by atoms with van der Waals surface area (Å²) in [4.78, 5) is 15.2. The number of thiazole rings is 1. The van der Waals surface area contributed by atoms with Crippen LogP contribution in [-0.4, -0.2) is 34.3 Å². The molecule has 0 saturated heterocycles. The Morgan fingerprint density at radius 1 is 1.10 bits per heavy atom. The molecule has 2 aliphatic rings. The van der Waals surface area contributed by atoms with Crippen molar-refractivity contribution >= 4 is 27.3 Å². The summed E-state index contributed by atoms with van der Waals surface area (Å²) in [5, 5.41) is 21.3. The van der Waals surface area contributed by atoms with Crippen molar-refractivity contribution in [3.05, 3.63) is 81.5 Å². The maximum Gasteiger partial charge on any atom is 0.355 e. The van der Waals surface area contributed by atoms with Crippen LogP contribution in [0.15, 0.2) is 46.7 Å². The lowest BCUT2D eigenvalue weighted by atomic mass is 9.79. The maximum atomic E-state index is 14.8. The summed E-state index contributed by atoms with van der Waals surface area (Å²) in [5.41, 5.74) is 3.91. The molecular formula is C28H26F2N4O4S2. The lowest BCUT2D eigenvalue weighted by molar-refractivity contribution is 0.0691. The van der Waals surface area contributed by atoms with Crippen LogP contribution in [0.3, 0.4) is 0 Å². The molecule has 2 aliphatic carbocycles. The molecule has 208 valence electrons. The van der Waals surface area contributed by atoms with E-state index in [1.807, 2.05) is 6.07 Å². The quantitative estimate of drug-likeness (QED) is 0.270. The van der Waals surface area contributed by atoms with Crippen LogP contribution in [0.1, 0.15) is 70.9 Å². The van der Waals surface area contributed by atoms with Crippen molar-refractivity contribution in [1.82, 2.24) is 14.8 Å². The molecule has 2 aromatic heterocycles. The van der Waals surface area contributed by atoms with E-state index in [0.29, 0.717) is 39.9 Å². The number of primary sulfonamides is 1. The number of carbonyl (C=O) groups is 1. The molecule has 4 aromatic rings. The van der Waals surface area contributed by atoms with Crippen LogP contribution in [0.25, 0.3) is 16.4 Å². The predicted octanol–water partition coefficient (Wildman–Crippen LogP) is 5.43. The number of halogens is 2. The first kappa shape index (κ1) is 26.7. The molecule has 6 rings (SSSR count). The zero-order valence-electron chi connectivity index (χ0n) is 21.3. The fourth-order valence-electron chi connectivity index (χ4n) is 5.14. The van der Waals surface area contributed by atoms with Gasteiger partial charge in [0.05, 0.1) is 11.4 Å². The minimum Gasteiger partial charge on any atom is -0.476 e. The van der Waals surface area contributed by atoms with Gasteiger partial charge in [-0.25, -0.2) is 36.8 Å². The van der Waals surface area contributed by atoms with E-state index in [-0.39, 0.29) is 23.8 Å². The van der Waals surface area contributed by atoms with Crippen LogP contribution in [0.5, 0.6) is 0 Å². The molecule has 2 heterocycles. The molecule has 3 N–H and O–H groups in total. The lowest BCUT2D eigenvalue weighted by Crippen LogP contribution is -2.14. The Bertz CT molecular complexity index is 1740. The Morgan fingerprint density at radius 3 is 2.48 bits per heavy atom. The third-order valence-corrected chi connectivity index (χ3v) is 9.42. The molecule has 2 saturated carbocycles. The van der Waals surface area contributed by atoms with Crippen molar-refractivity contribution < 1.29 is 27.1 Å². The number of benzene rings is 2. The molecule has 0 amide bonds. The molecule has 2 fully saturated rings. The van der Waals surface area contributed by atoms with E-state index in [1.54, 1.807) is 10.7 Å². The molecule has 0 radical (unpaired) electrons. The number of carboxylic acids is 1. The van der Waals surface area contributed by atoms with Crippen molar-refractivity contribution in [2.45, 2.75) is 55.8 Å². The van der Waals surface area contributed by atoms with Crippen LogP contribution in [0.2, 0.25) is 0 Å². The fourth-order valence-corrected chi connectivity index (χ4v) is 6.50. The SMILES string of the molecule is NS(=O)(=O)c1ccc(Cc2c(-c3ccc(F)c(C4CCC4)c3)nn(-c3nc(C(=O)O)cs3)c2CC2CC2)cc1F. The van der Waals surface area contributed by atoms with Gasteiger partial charge in [-0.1, -0.05) is 12.5 Å². The number of nitrogens with zero attached hydrogens (tertiary/aromatic N) is 3. The zero-order valence-corrected chi connectivity index (χ0v) is 22.9. The predicted molar refractivity (Wildman–Crippen MR) is 145 cm³/mol. The van der Waals surface area contributed by atoms with Gasteiger partial charge in [0.2, 0.25) is 15.2 Å². The van der Waals surface area contributed by atoms with Gasteiger partial charge in [0.15, 0.2) is 5.69 Å². The number of aromatic nitrogens is 3. The first-order valence-electron chi connectivity index (χ1n) is 13.0. The molecule has 8 nitrogen and oxygen atoms in total. The topological polar surface area (TPSA) is 128 Å². The Labute approximate surface area is 233 Å². The molecule has 0 atom stereocenters. The van der Waals surface area contributed by atoms with E-state index in [9.17, 15) is 27.1 Å². The van der Waals surface area contributed by atoms with Crippen molar-refractivity contribution in [2.75, 3.05) is 0 Å². The minimum absolute atomic E-state index is 0.0920. The maximum absolute atomic E-state index is 14.8. The Kier molecular flexibility index (Phi) is 6.79. The highest BCUT2D eigenvalue weighted by atomic mass is 32.2. The van der Waals surface area contributed by atoms with Crippen LogP contribution in [0.4, 0.5) is 8.78 Å². The number of rotatable bonds is 9. The minimum atomic E-state index is -4.22. The van der Waals surface area contributed by atoms with Gasteiger partial charge in [-0.3, -0.25) is 0 Å². The normalized spacial score (nSPS) is 15.8. The first-order chi connectivity index (χ1) is 19.1. The number of nitrogens with two attached hydrogens (primary N) is 1. The Morgan fingerprint density at radius 2 is 1.88 bits per heavy atom. The van der Waals surface area contributed by atoms with Gasteiger partial charge in [-0.05, 0) is 85.4 Å². The summed E-state index contributed by atoms with van der Waals surface area (Å²) in [5.74, 6) is -1.79. The van der Waals surface area contributed by atoms with Crippen LogP contribution >= 0.6 is 11.3 Å². The summed E-state index contributed by atoms with van der Waals surface area (Å²) in [6.45, 7) is 0. The van der Waals surface area contributed by atoms with Crippen molar-refractivity contribution in [3.8, 4) is 16.4 Å². The molecule has 0 bridgehead atoms. The summed E-state index contributed by atoms with van der Waals surface area (Å²) in [6.07, 6.45) is 5.83. The highest BCUT2D eigenvalue weighted by Gasteiger charge is 2.30. The van der Waals surface area contributed by atoms with Crippen LogP contribution < -0.4 is 5.14 Å². The summed E-state index contributed by atoms with van der Waals surface area (Å²) < 4.78 is 54.7. The van der Waals surface area contributed by atoms with E-state index in [0.717, 1.165) is 66.8 Å². The Balaban J connectivity index is 1.52. The number of sulfonamides is 1. The van der Waals surface area contributed by atoms with Gasteiger partial charge in [0.1, 0.15) is 16.5 Å². The largest absolute Gasteiger partial charge is 0.476 e. The number of hydrogen-bond acceptors (Lipinski definition) is 6. The second kappa shape index (κ2) is 10.2. The molecule has 12 heteroatoms. The molecule has 0 unspecified atom stereocenters. The highest BCUT2D eigenvalue weighted by Crippen LogP contribution is 2.41. The third-order valence-electron chi connectivity index (χ3n) is 7.66. The van der Waals surface area contributed by atoms with E-state index in [1.165, 1.54) is 17.5 Å². The van der Waals surface area contributed by atoms with Crippen molar-refractivity contribution in [2.24, 2.45) is 11.1 Å². The summed E-state index contributed by atoms with van der Waals surface area (Å²) in [6, 6.07) is 8.75. The molecule has 0 spiro atoms. The van der Waals surface area contributed by atoms with Gasteiger partial charge in [-0.15, -0.1) is 11.3 Å². The smallest absolute Gasteiger partial charge is 0.355 e. The molecule has 2 aromatic carbocycles. The monoisotopic (exact) mass is 584 g/mol. The second-order valence-corrected chi connectivity index (χ2v) is 12.9. The fraction of sp³-hybridized carbons (Fsp3) is 0.321. The lowest BCUT2D eigenvalue weighted by Gasteiger charge is -2.26. The van der Waals surface area contributed by atoms with E-state index < -0.39 is 26.7 Å². The molecular weight excluding hydrogens is 558 g/mol. The second-order valence-electron chi connectivity index (χ2n) is 10.5. The van der Waals surface area contributed by atoms with Crippen LogP contribution in [-0.2, 0) is 22.9 Å². The van der Waals surface area contributed by atoms with Gasteiger partial charge < -0.3 is 5.11 Å². The third kappa shape index (κ3) is 5.18. The first-order valence-corrected chi connectivity index (χ1v) is 15.4. The van der Waals surface area contributed by atoms with Gasteiger partial charge in [-0.2, -0.15) is 5.10 Å². The average Bonchev–Trinajstić information content (AvgIpc) is 3.41. The van der Waals surface area contributed by atoms with E-state index >= 15 is 0 Å². The molecule has 40 heavy (non-hydrogen) atoms. The summed E-state index contributed by atoms with van der Waals surface area (Å²) in [7, 11) is -4.22. The molecule has 0 aliphatic heterocycles. The van der Waals surface area contributed by atoms with E-state index in [4.69, 9.17) is 10.2 Å². The van der Waals surface area contributed by atoms with E-state index in [2.05, 4.69) is 4.98 Å². The average molecular weight is 585 g/mol. The number of hydrogen-bond donors (Lipinski definition) is 2. The standard InChI is InChI=1S/C28H26F2N4O4S2/c29-21-8-7-18(13-19(21)17-2-1-3-17)26-20(10-16-6-9-25(22(30)11-16)40(31,37)38)24(12-15-4-5-15)34(33-26)28-32-23(14-39-28)27(35)36/h6-9,11,13-15,17H,1-5,10,12H2,(H,35,36)(H2,31,37,38). The number of aromatic carboxylic acids is 1. The number of carboxylic acid groups (broad SMARTS) is 1. The Hall–Kier alpha value is -3.48. The van der Waals surface area contributed by atoms with Crippen LogP contribution in [0, 0.1) is 17.6 Å². The zero-order chi connectivity index (χ0) is 28.2. The summed E-state index contributed by atoms with van der Waals surface area (Å²) >= 11 is 1.15. The highest BCUT2D eigenvalue weighted by molar-refractivity contribution is 7.89.